The van der Waals surface area contributed by atoms with Gasteiger partial charge in [0.05, 0.1) is 11.5 Å². The molecule has 1 saturated heterocycles. The number of hydrogen-bond donors (Lipinski definition) is 1. The first-order chi connectivity index (χ1) is 16.6. The molecule has 3 atom stereocenters. The number of piperidine rings is 1. The molecule has 1 aliphatic heterocycles. The molecule has 2 fully saturated rings. The molecule has 6 heteroatoms. The summed E-state index contributed by atoms with van der Waals surface area (Å²) in [4.78, 5) is 29.5. The highest BCUT2D eigenvalue weighted by Crippen LogP contribution is 2.49. The summed E-state index contributed by atoms with van der Waals surface area (Å²) in [7, 11) is 0. The van der Waals surface area contributed by atoms with E-state index in [0.29, 0.717) is 17.4 Å². The van der Waals surface area contributed by atoms with Crippen LogP contribution in [0, 0.1) is 11.3 Å². The molecule has 4 nitrogen and oxygen atoms in total. The van der Waals surface area contributed by atoms with E-state index in [1.807, 2.05) is 61.2 Å². The van der Waals surface area contributed by atoms with Crippen molar-refractivity contribution in [2.24, 2.45) is 11.3 Å². The molecule has 0 radical (unpaired) electrons. The third-order valence-corrected chi connectivity index (χ3v) is 8.76. The Morgan fingerprint density at radius 1 is 1.11 bits per heavy atom. The van der Waals surface area contributed by atoms with Crippen LogP contribution in [0.1, 0.15) is 71.4 Å². The Morgan fingerprint density at radius 2 is 1.77 bits per heavy atom. The number of para-hydroxylation sites is 1. The fourth-order valence-corrected chi connectivity index (χ4v) is 6.28. The van der Waals surface area contributed by atoms with Crippen molar-refractivity contribution in [3.05, 3.63) is 65.2 Å². The molecular weight excluding hydrogens is 476 g/mol. The van der Waals surface area contributed by atoms with E-state index in [0.717, 1.165) is 36.3 Å². The zero-order chi connectivity index (χ0) is 25.2. The van der Waals surface area contributed by atoms with Crippen LogP contribution >= 0.6 is 23.4 Å². The van der Waals surface area contributed by atoms with Crippen molar-refractivity contribution in [3.63, 3.8) is 0 Å². The van der Waals surface area contributed by atoms with Crippen molar-refractivity contribution in [1.82, 2.24) is 4.90 Å². The van der Waals surface area contributed by atoms with Gasteiger partial charge in [-0.2, -0.15) is 11.8 Å². The van der Waals surface area contributed by atoms with E-state index in [1.165, 1.54) is 0 Å². The van der Waals surface area contributed by atoms with Gasteiger partial charge in [-0.3, -0.25) is 9.59 Å². The second-order valence-electron chi connectivity index (χ2n) is 11.3. The Hall–Kier alpha value is -1.98. The maximum absolute atomic E-state index is 14.3. The lowest BCUT2D eigenvalue weighted by atomic mass is 9.74. The minimum absolute atomic E-state index is 0.0104. The standard InChI is InChI=1S/C29H37ClN2O2S/c1-28(2,3)35-19-25(21-10-11-21)32-24(20-12-14-22(30)15-13-20)16-17-29(4,27(32)34)18-26(33)31-23-8-6-5-7-9-23/h5-9,12-15,21,24-25H,10-11,16-19H2,1-4H3,(H,31,33)/t24?,25?,29-/m1/s1. The molecule has 35 heavy (non-hydrogen) atoms. The van der Waals surface area contributed by atoms with Gasteiger partial charge < -0.3 is 10.2 Å². The number of nitrogens with one attached hydrogen (secondary N) is 1. The van der Waals surface area contributed by atoms with Gasteiger partial charge in [0.2, 0.25) is 11.8 Å². The van der Waals surface area contributed by atoms with Crippen LogP contribution in [0.4, 0.5) is 5.69 Å². The number of thioether (sulfide) groups is 1. The van der Waals surface area contributed by atoms with Gasteiger partial charge in [0.1, 0.15) is 0 Å². The first-order valence-electron chi connectivity index (χ1n) is 12.6. The highest BCUT2D eigenvalue weighted by Gasteiger charge is 2.50. The predicted octanol–water partition coefficient (Wildman–Crippen LogP) is 7.35. The molecule has 2 amide bonds. The SMILES string of the molecule is CC(C)(C)SCC(C1CC1)N1C(=O)[C@@](C)(CC(=O)Nc2ccccc2)CCC1c1ccc(Cl)cc1. The van der Waals surface area contributed by atoms with Gasteiger partial charge in [0.15, 0.2) is 0 Å². The molecular formula is C29H37ClN2O2S. The largest absolute Gasteiger partial charge is 0.331 e. The number of halogens is 1. The third kappa shape index (κ3) is 6.62. The number of carbonyl (C=O) groups is 2. The molecule has 1 heterocycles. The van der Waals surface area contributed by atoms with Gasteiger partial charge >= 0.3 is 0 Å². The van der Waals surface area contributed by atoms with E-state index < -0.39 is 5.41 Å². The zero-order valence-corrected chi connectivity index (χ0v) is 22.8. The van der Waals surface area contributed by atoms with Gasteiger partial charge in [0, 0.05) is 33.7 Å². The Bertz CT molecular complexity index is 1030. The fourth-order valence-electron chi connectivity index (χ4n) is 5.05. The summed E-state index contributed by atoms with van der Waals surface area (Å²) >= 11 is 8.11. The summed E-state index contributed by atoms with van der Waals surface area (Å²) < 4.78 is 0.126. The fraction of sp³-hybridized carbons (Fsp3) is 0.517. The summed E-state index contributed by atoms with van der Waals surface area (Å²) in [5.41, 5.74) is 1.17. The number of amides is 2. The molecule has 1 aliphatic carbocycles. The molecule has 2 aromatic carbocycles. The number of carbonyl (C=O) groups excluding carboxylic acids is 2. The molecule has 1 saturated carbocycles. The van der Waals surface area contributed by atoms with Crippen LogP contribution < -0.4 is 5.32 Å². The van der Waals surface area contributed by atoms with E-state index in [4.69, 9.17) is 11.6 Å². The van der Waals surface area contributed by atoms with Crippen LogP contribution in [0.3, 0.4) is 0 Å². The quantitative estimate of drug-likeness (QED) is 0.402. The van der Waals surface area contributed by atoms with Crippen LogP contribution in [-0.4, -0.2) is 33.3 Å². The molecule has 0 spiro atoms. The second-order valence-corrected chi connectivity index (χ2v) is 13.6. The Morgan fingerprint density at radius 3 is 2.37 bits per heavy atom. The number of nitrogens with zero attached hydrogens (tertiary/aromatic N) is 1. The lowest BCUT2D eigenvalue weighted by Gasteiger charge is -2.48. The van der Waals surface area contributed by atoms with E-state index in [2.05, 4.69) is 43.1 Å². The summed E-state index contributed by atoms with van der Waals surface area (Å²) in [6.07, 6.45) is 4.04. The van der Waals surface area contributed by atoms with Crippen molar-refractivity contribution in [2.45, 2.75) is 76.6 Å². The minimum atomic E-state index is -0.721. The van der Waals surface area contributed by atoms with E-state index in [-0.39, 0.29) is 35.1 Å². The van der Waals surface area contributed by atoms with Crippen molar-refractivity contribution in [2.75, 3.05) is 11.1 Å². The highest BCUT2D eigenvalue weighted by molar-refractivity contribution is 8.00. The van der Waals surface area contributed by atoms with Crippen LogP contribution in [-0.2, 0) is 9.59 Å². The number of benzene rings is 2. The van der Waals surface area contributed by atoms with Crippen LogP contribution in [0.5, 0.6) is 0 Å². The van der Waals surface area contributed by atoms with Gasteiger partial charge in [-0.25, -0.2) is 0 Å². The predicted molar refractivity (Wildman–Crippen MR) is 147 cm³/mol. The van der Waals surface area contributed by atoms with Gasteiger partial charge in [-0.05, 0) is 61.4 Å². The molecule has 1 N–H and O–H groups in total. The van der Waals surface area contributed by atoms with E-state index in [9.17, 15) is 9.59 Å². The van der Waals surface area contributed by atoms with E-state index >= 15 is 0 Å². The molecule has 2 aromatic rings. The molecule has 2 unspecified atom stereocenters. The van der Waals surface area contributed by atoms with Crippen molar-refractivity contribution in [1.29, 1.82) is 0 Å². The first kappa shape index (κ1) is 26.1. The lowest BCUT2D eigenvalue weighted by Crippen LogP contribution is -2.55. The maximum atomic E-state index is 14.3. The van der Waals surface area contributed by atoms with Crippen LogP contribution in [0.2, 0.25) is 5.02 Å². The molecule has 188 valence electrons. The minimum Gasteiger partial charge on any atom is -0.331 e. The number of anilines is 1. The number of likely N-dealkylation sites (tertiary alicyclic amines) is 1. The van der Waals surface area contributed by atoms with E-state index in [1.54, 1.807) is 0 Å². The summed E-state index contributed by atoms with van der Waals surface area (Å²) in [5, 5.41) is 3.68. The normalized spacial score (nSPS) is 23.7. The first-order valence-corrected chi connectivity index (χ1v) is 14.0. The zero-order valence-electron chi connectivity index (χ0n) is 21.2. The monoisotopic (exact) mass is 512 g/mol. The number of rotatable bonds is 8. The third-order valence-electron chi connectivity index (χ3n) is 7.13. The molecule has 0 aromatic heterocycles. The highest BCUT2D eigenvalue weighted by atomic mass is 35.5. The summed E-state index contributed by atoms with van der Waals surface area (Å²) in [6, 6.07) is 17.6. The summed E-state index contributed by atoms with van der Waals surface area (Å²) in [6.45, 7) is 8.67. The maximum Gasteiger partial charge on any atom is 0.229 e. The second kappa shape index (κ2) is 10.6. The summed E-state index contributed by atoms with van der Waals surface area (Å²) in [5.74, 6) is 1.45. The number of hydrogen-bond acceptors (Lipinski definition) is 3. The van der Waals surface area contributed by atoms with Crippen LogP contribution in [0.25, 0.3) is 0 Å². The van der Waals surface area contributed by atoms with Gasteiger partial charge in [0.25, 0.3) is 0 Å². The smallest absolute Gasteiger partial charge is 0.229 e. The molecule has 0 bridgehead atoms. The van der Waals surface area contributed by atoms with Gasteiger partial charge in [-0.1, -0.05) is 69.6 Å². The van der Waals surface area contributed by atoms with Gasteiger partial charge in [-0.15, -0.1) is 0 Å². The van der Waals surface area contributed by atoms with Crippen molar-refractivity contribution >= 4 is 40.9 Å². The topological polar surface area (TPSA) is 49.4 Å². The molecule has 4 rings (SSSR count). The Balaban J connectivity index is 1.60. The molecule has 2 aliphatic rings. The van der Waals surface area contributed by atoms with Crippen molar-refractivity contribution < 1.29 is 9.59 Å². The lowest BCUT2D eigenvalue weighted by molar-refractivity contribution is -0.155. The average Bonchev–Trinajstić information content (AvgIpc) is 3.63. The Labute approximate surface area is 219 Å². The van der Waals surface area contributed by atoms with Crippen LogP contribution in [0.15, 0.2) is 54.6 Å². The van der Waals surface area contributed by atoms with Crippen molar-refractivity contribution in [3.8, 4) is 0 Å². The Kier molecular flexibility index (Phi) is 7.87. The average molecular weight is 513 g/mol.